The van der Waals surface area contributed by atoms with Crippen LogP contribution in [0.1, 0.15) is 5.82 Å². The number of phenols is 1. The van der Waals surface area contributed by atoms with Gasteiger partial charge in [-0.15, -0.1) is 0 Å². The van der Waals surface area contributed by atoms with Gasteiger partial charge in [-0.25, -0.2) is 0 Å². The van der Waals surface area contributed by atoms with Gasteiger partial charge in [0, 0.05) is 11.5 Å². The van der Waals surface area contributed by atoms with Gasteiger partial charge >= 0.3 is 6.01 Å². The van der Waals surface area contributed by atoms with Crippen LogP contribution in [0.2, 0.25) is 0 Å². The number of anilines is 2. The number of benzene rings is 2. The Bertz CT molecular complexity index is 1330. The van der Waals surface area contributed by atoms with Gasteiger partial charge in [0.05, 0.1) is 22.6 Å². The second-order valence-corrected chi connectivity index (χ2v) is 8.62. The van der Waals surface area contributed by atoms with Gasteiger partial charge in [0.1, 0.15) is 11.6 Å². The molecule has 0 spiro atoms. The summed E-state index contributed by atoms with van der Waals surface area (Å²) in [5.41, 5.74) is -0.0674. The molecule has 4 N–H and O–H groups in total. The number of methoxy groups -OCH3 is 1. The fourth-order valence-corrected chi connectivity index (χ4v) is 3.64. The first kappa shape index (κ1) is 20.7. The average molecular weight is 442 g/mol. The lowest BCUT2D eigenvalue weighted by molar-refractivity contribution is 0.377. The molecular formula is C15H14N4O8S2. The van der Waals surface area contributed by atoms with Gasteiger partial charge in [-0.2, -0.15) is 31.8 Å². The monoisotopic (exact) mass is 442 g/mol. The first-order chi connectivity index (χ1) is 13.4. The number of aryl methyl sites for hydroxylation is 1. The van der Waals surface area contributed by atoms with Gasteiger partial charge in [-0.05, 0) is 30.5 Å². The number of nitrogens with zero attached hydrogens (tertiary/aromatic N) is 3. The van der Waals surface area contributed by atoms with Crippen molar-refractivity contribution in [2.24, 2.45) is 0 Å². The number of phenolic OH excluding ortho intramolecular Hbond substituents is 1. The summed E-state index contributed by atoms with van der Waals surface area (Å²) in [4.78, 5) is 10.6. The summed E-state index contributed by atoms with van der Waals surface area (Å²) in [5, 5.41) is 12.9. The normalized spacial score (nSPS) is 12.1. The Balaban J connectivity index is 2.31. The summed E-state index contributed by atoms with van der Waals surface area (Å²) in [6, 6.07) is 3.62. The number of rotatable bonds is 5. The molecule has 14 heteroatoms. The highest BCUT2D eigenvalue weighted by Gasteiger charge is 2.20. The molecule has 3 aromatic rings. The molecule has 154 valence electrons. The number of fused-ring (bicyclic) bond motifs is 1. The molecule has 2 aromatic carbocycles. The molecule has 0 unspecified atom stereocenters. The van der Waals surface area contributed by atoms with E-state index < -0.39 is 35.8 Å². The summed E-state index contributed by atoms with van der Waals surface area (Å²) in [6.45, 7) is 1.55. The molecular weight excluding hydrogens is 428 g/mol. The van der Waals surface area contributed by atoms with Crippen LogP contribution in [-0.4, -0.2) is 53.1 Å². The summed E-state index contributed by atoms with van der Waals surface area (Å²) in [7, 11) is -8.07. The number of aromatic hydroxyl groups is 1. The third-order valence-corrected chi connectivity index (χ3v) is 5.39. The van der Waals surface area contributed by atoms with E-state index in [1.165, 1.54) is 7.11 Å². The van der Waals surface area contributed by atoms with E-state index in [2.05, 4.69) is 20.3 Å². The van der Waals surface area contributed by atoms with Crippen LogP contribution in [0.5, 0.6) is 11.8 Å². The Morgan fingerprint density at radius 1 is 0.931 bits per heavy atom. The maximum atomic E-state index is 11.6. The SMILES string of the molecule is COc1nc(C)nc(Nc2cc(S(=O)(=O)O)cc3cc(S(=O)(=O)O)cc(O)c23)n1. The largest absolute Gasteiger partial charge is 0.507 e. The zero-order valence-corrected chi connectivity index (χ0v) is 16.5. The Morgan fingerprint density at radius 2 is 1.52 bits per heavy atom. The van der Waals surface area contributed by atoms with Crippen molar-refractivity contribution in [2.45, 2.75) is 16.7 Å². The molecule has 0 aliphatic heterocycles. The third kappa shape index (κ3) is 4.34. The smallest absolute Gasteiger partial charge is 0.321 e. The van der Waals surface area contributed by atoms with E-state index in [0.717, 1.165) is 24.3 Å². The van der Waals surface area contributed by atoms with E-state index in [0.29, 0.717) is 0 Å². The minimum Gasteiger partial charge on any atom is -0.507 e. The molecule has 29 heavy (non-hydrogen) atoms. The van der Waals surface area contributed by atoms with Crippen LogP contribution in [0, 0.1) is 6.92 Å². The quantitative estimate of drug-likeness (QED) is 0.415. The molecule has 12 nitrogen and oxygen atoms in total. The van der Waals surface area contributed by atoms with Crippen molar-refractivity contribution in [2.75, 3.05) is 12.4 Å². The van der Waals surface area contributed by atoms with Gasteiger partial charge in [-0.3, -0.25) is 9.11 Å². The van der Waals surface area contributed by atoms with Gasteiger partial charge in [0.2, 0.25) is 5.95 Å². The third-order valence-electron chi connectivity index (χ3n) is 3.73. The molecule has 0 saturated heterocycles. The van der Waals surface area contributed by atoms with E-state index >= 15 is 0 Å². The predicted octanol–water partition coefficient (Wildman–Crippen LogP) is 1.28. The predicted molar refractivity (Wildman–Crippen MR) is 99.6 cm³/mol. The lowest BCUT2D eigenvalue weighted by Crippen LogP contribution is -2.06. The lowest BCUT2D eigenvalue weighted by atomic mass is 10.1. The average Bonchev–Trinajstić information content (AvgIpc) is 2.58. The van der Waals surface area contributed by atoms with Crippen LogP contribution in [0.3, 0.4) is 0 Å². The highest BCUT2D eigenvalue weighted by atomic mass is 32.2. The highest BCUT2D eigenvalue weighted by Crippen LogP contribution is 2.37. The van der Waals surface area contributed by atoms with E-state index in [4.69, 9.17) is 4.74 Å². The van der Waals surface area contributed by atoms with Crippen molar-refractivity contribution in [1.29, 1.82) is 0 Å². The second kappa shape index (κ2) is 7.07. The Morgan fingerprint density at radius 3 is 2.07 bits per heavy atom. The first-order valence-corrected chi connectivity index (χ1v) is 10.6. The van der Waals surface area contributed by atoms with E-state index in [1.54, 1.807) is 6.92 Å². The fourth-order valence-electron chi connectivity index (χ4n) is 2.56. The van der Waals surface area contributed by atoms with Crippen LogP contribution >= 0.6 is 0 Å². The molecule has 1 heterocycles. The highest BCUT2D eigenvalue weighted by molar-refractivity contribution is 7.86. The van der Waals surface area contributed by atoms with E-state index in [-0.39, 0.29) is 34.2 Å². The van der Waals surface area contributed by atoms with Gasteiger partial charge in [-0.1, -0.05) is 0 Å². The maximum Gasteiger partial charge on any atom is 0.321 e. The number of aromatic nitrogens is 3. The molecule has 0 saturated carbocycles. The van der Waals surface area contributed by atoms with Crippen LogP contribution in [0.25, 0.3) is 10.8 Å². The van der Waals surface area contributed by atoms with Gasteiger partial charge in [0.25, 0.3) is 20.2 Å². The molecule has 0 aliphatic rings. The van der Waals surface area contributed by atoms with Crippen LogP contribution in [0.15, 0.2) is 34.1 Å². The summed E-state index contributed by atoms with van der Waals surface area (Å²) < 4.78 is 69.7. The topological polar surface area (TPSA) is 189 Å². The summed E-state index contributed by atoms with van der Waals surface area (Å²) in [6.07, 6.45) is 0. The lowest BCUT2D eigenvalue weighted by Gasteiger charge is -2.13. The fraction of sp³-hybridized carbons (Fsp3) is 0.133. The van der Waals surface area contributed by atoms with Crippen LogP contribution in [0.4, 0.5) is 11.6 Å². The Labute approximate surface area is 164 Å². The molecule has 0 fully saturated rings. The molecule has 0 aliphatic carbocycles. The standard InChI is InChI=1S/C15H14N4O8S2/c1-7-16-14(19-15(17-7)27-2)18-11-5-9(28(21,22)23)3-8-4-10(29(24,25)26)6-12(20)13(8)11/h3-6,20H,1-2H3,(H,21,22,23)(H,24,25,26)(H,16,17,18,19). The molecule has 0 atom stereocenters. The van der Waals surface area contributed by atoms with Crippen molar-refractivity contribution in [3.05, 3.63) is 30.1 Å². The van der Waals surface area contributed by atoms with Crippen LogP contribution < -0.4 is 10.1 Å². The number of hydrogen-bond acceptors (Lipinski definition) is 10. The van der Waals surface area contributed by atoms with Gasteiger partial charge < -0.3 is 15.2 Å². The molecule has 0 radical (unpaired) electrons. The van der Waals surface area contributed by atoms with Gasteiger partial charge in [0.15, 0.2) is 0 Å². The number of hydrogen-bond donors (Lipinski definition) is 4. The second-order valence-electron chi connectivity index (χ2n) is 5.78. The summed E-state index contributed by atoms with van der Waals surface area (Å²) >= 11 is 0. The zero-order valence-electron chi connectivity index (χ0n) is 14.9. The molecule has 3 rings (SSSR count). The van der Waals surface area contributed by atoms with Crippen molar-refractivity contribution in [3.63, 3.8) is 0 Å². The Kier molecular flexibility index (Phi) is 5.04. The molecule has 1 aromatic heterocycles. The van der Waals surface area contributed by atoms with E-state index in [9.17, 15) is 31.0 Å². The van der Waals surface area contributed by atoms with Crippen molar-refractivity contribution < 1.29 is 35.8 Å². The number of nitrogens with one attached hydrogen (secondary N) is 1. The van der Waals surface area contributed by atoms with Crippen LogP contribution in [-0.2, 0) is 20.2 Å². The van der Waals surface area contributed by atoms with E-state index in [1.807, 2.05) is 0 Å². The Hall–Kier alpha value is -3.07. The minimum absolute atomic E-state index is 0.0122. The van der Waals surface area contributed by atoms with Crippen molar-refractivity contribution >= 4 is 42.6 Å². The molecule has 0 bridgehead atoms. The maximum absolute atomic E-state index is 11.6. The first-order valence-electron chi connectivity index (χ1n) is 7.68. The zero-order chi connectivity index (χ0) is 21.6. The van der Waals surface area contributed by atoms with Crippen molar-refractivity contribution in [3.8, 4) is 11.8 Å². The summed E-state index contributed by atoms with van der Waals surface area (Å²) in [5.74, 6) is -0.383. The minimum atomic E-state index is -4.70. The molecule has 0 amide bonds. The number of ether oxygens (including phenoxy) is 1. The van der Waals surface area contributed by atoms with Crippen molar-refractivity contribution in [1.82, 2.24) is 15.0 Å².